The van der Waals surface area contributed by atoms with E-state index in [1.54, 1.807) is 0 Å². The van der Waals surface area contributed by atoms with Crippen LogP contribution in [0.25, 0.3) is 11.6 Å². The number of aromatic nitrogens is 3. The molecule has 2 aromatic heterocycles. The van der Waals surface area contributed by atoms with Crippen LogP contribution in [-0.2, 0) is 6.42 Å². The van der Waals surface area contributed by atoms with Crippen molar-refractivity contribution in [2.24, 2.45) is 0 Å². The molecule has 0 amide bonds. The third kappa shape index (κ3) is 3.37. The number of pyridine rings is 1. The van der Waals surface area contributed by atoms with E-state index in [1.165, 1.54) is 0 Å². The minimum absolute atomic E-state index is 0.497. The Kier molecular flexibility index (Phi) is 4.41. The minimum Gasteiger partial charge on any atom is -0.419 e. The Morgan fingerprint density at radius 3 is 2.94 bits per heavy atom. The van der Waals surface area contributed by atoms with E-state index >= 15 is 0 Å². The zero-order chi connectivity index (χ0) is 12.8. The normalized spacial score (nSPS) is 10.8. The van der Waals surface area contributed by atoms with Gasteiger partial charge in [-0.1, -0.05) is 13.0 Å². The van der Waals surface area contributed by atoms with Gasteiger partial charge < -0.3 is 9.73 Å². The van der Waals surface area contributed by atoms with Crippen molar-refractivity contribution in [2.45, 2.75) is 26.7 Å². The summed E-state index contributed by atoms with van der Waals surface area (Å²) in [6.45, 7) is 5.99. The molecular formula is C13H18N4O. The van der Waals surface area contributed by atoms with E-state index in [0.29, 0.717) is 11.8 Å². The van der Waals surface area contributed by atoms with Crippen LogP contribution in [0.2, 0.25) is 0 Å². The van der Waals surface area contributed by atoms with Gasteiger partial charge in [-0.15, -0.1) is 10.2 Å². The fourth-order valence-corrected chi connectivity index (χ4v) is 1.66. The average molecular weight is 246 g/mol. The van der Waals surface area contributed by atoms with Crippen LogP contribution in [0, 0.1) is 6.92 Å². The summed E-state index contributed by atoms with van der Waals surface area (Å²) in [5.74, 6) is 1.17. The maximum absolute atomic E-state index is 5.59. The molecule has 0 fully saturated rings. The smallest absolute Gasteiger partial charge is 0.266 e. The molecular weight excluding hydrogens is 228 g/mol. The lowest BCUT2D eigenvalue weighted by atomic mass is 10.3. The zero-order valence-corrected chi connectivity index (χ0v) is 10.8. The first-order valence-corrected chi connectivity index (χ1v) is 6.26. The molecule has 0 aliphatic rings. The van der Waals surface area contributed by atoms with Crippen molar-refractivity contribution in [1.82, 2.24) is 20.5 Å². The lowest BCUT2D eigenvalue weighted by Crippen LogP contribution is -2.14. The lowest BCUT2D eigenvalue weighted by Gasteiger charge is -1.98. The van der Waals surface area contributed by atoms with Gasteiger partial charge in [0.25, 0.3) is 5.89 Å². The molecule has 0 aliphatic carbocycles. The van der Waals surface area contributed by atoms with Crippen molar-refractivity contribution < 1.29 is 4.42 Å². The SMILES string of the molecule is CCNCCCc1nnc(-c2cccc(C)n2)o1. The molecule has 5 nitrogen and oxygen atoms in total. The molecule has 0 spiro atoms. The number of nitrogens with one attached hydrogen (secondary N) is 1. The Bertz CT molecular complexity index is 495. The van der Waals surface area contributed by atoms with Crippen molar-refractivity contribution in [3.8, 4) is 11.6 Å². The van der Waals surface area contributed by atoms with Crippen molar-refractivity contribution in [1.29, 1.82) is 0 Å². The molecule has 0 saturated heterocycles. The van der Waals surface area contributed by atoms with Crippen LogP contribution in [-0.4, -0.2) is 28.3 Å². The molecule has 1 N–H and O–H groups in total. The minimum atomic E-state index is 0.497. The van der Waals surface area contributed by atoms with Crippen molar-refractivity contribution >= 4 is 0 Å². The number of hydrogen-bond acceptors (Lipinski definition) is 5. The summed E-state index contributed by atoms with van der Waals surface area (Å²) in [7, 11) is 0. The highest BCUT2D eigenvalue weighted by molar-refractivity contribution is 5.45. The molecule has 96 valence electrons. The first kappa shape index (κ1) is 12.7. The summed E-state index contributed by atoms with van der Waals surface area (Å²) in [5.41, 5.74) is 1.68. The summed E-state index contributed by atoms with van der Waals surface area (Å²) >= 11 is 0. The predicted molar refractivity (Wildman–Crippen MR) is 69.1 cm³/mol. The number of aryl methyl sites for hydroxylation is 2. The fraction of sp³-hybridized carbons (Fsp3) is 0.462. The van der Waals surface area contributed by atoms with Crippen LogP contribution in [0.1, 0.15) is 24.9 Å². The highest BCUT2D eigenvalue weighted by Gasteiger charge is 2.09. The van der Waals surface area contributed by atoms with Gasteiger partial charge in [0.2, 0.25) is 5.89 Å². The highest BCUT2D eigenvalue weighted by Crippen LogP contribution is 2.15. The van der Waals surface area contributed by atoms with Crippen LogP contribution in [0.3, 0.4) is 0 Å². The summed E-state index contributed by atoms with van der Waals surface area (Å²) in [5, 5.41) is 11.3. The van der Waals surface area contributed by atoms with E-state index in [9.17, 15) is 0 Å². The predicted octanol–water partition coefficient (Wildman–Crippen LogP) is 1.98. The third-order valence-corrected chi connectivity index (χ3v) is 2.57. The van der Waals surface area contributed by atoms with Crippen molar-refractivity contribution in [2.75, 3.05) is 13.1 Å². The van der Waals surface area contributed by atoms with E-state index < -0.39 is 0 Å². The van der Waals surface area contributed by atoms with Gasteiger partial charge in [-0.25, -0.2) is 4.98 Å². The second-order valence-electron chi connectivity index (χ2n) is 4.12. The summed E-state index contributed by atoms with van der Waals surface area (Å²) in [4.78, 5) is 4.36. The molecule has 0 atom stereocenters. The lowest BCUT2D eigenvalue weighted by molar-refractivity contribution is 0.491. The van der Waals surface area contributed by atoms with E-state index in [-0.39, 0.29) is 0 Å². The molecule has 0 radical (unpaired) electrons. The maximum Gasteiger partial charge on any atom is 0.266 e. The van der Waals surface area contributed by atoms with Gasteiger partial charge in [0.15, 0.2) is 0 Å². The maximum atomic E-state index is 5.59. The number of rotatable bonds is 6. The Morgan fingerprint density at radius 2 is 2.17 bits per heavy atom. The fourth-order valence-electron chi connectivity index (χ4n) is 1.66. The third-order valence-electron chi connectivity index (χ3n) is 2.57. The molecule has 0 aromatic carbocycles. The highest BCUT2D eigenvalue weighted by atomic mass is 16.4. The zero-order valence-electron chi connectivity index (χ0n) is 10.8. The molecule has 2 rings (SSSR count). The molecule has 2 aromatic rings. The molecule has 0 saturated carbocycles. The summed E-state index contributed by atoms with van der Waals surface area (Å²) in [6, 6.07) is 5.76. The first-order chi connectivity index (χ1) is 8.79. The Labute approximate surface area is 107 Å². The van der Waals surface area contributed by atoms with Gasteiger partial charge >= 0.3 is 0 Å². The Hall–Kier alpha value is -1.75. The summed E-state index contributed by atoms with van der Waals surface area (Å²) in [6.07, 6.45) is 1.79. The standard InChI is InChI=1S/C13H18N4O/c1-3-14-9-5-8-12-16-17-13(18-12)11-7-4-6-10(2)15-11/h4,6-7,14H,3,5,8-9H2,1-2H3. The monoisotopic (exact) mass is 246 g/mol. The van der Waals surface area contributed by atoms with Crippen molar-refractivity contribution in [3.63, 3.8) is 0 Å². The number of nitrogens with zero attached hydrogens (tertiary/aromatic N) is 3. The van der Waals surface area contributed by atoms with Gasteiger partial charge in [0, 0.05) is 12.1 Å². The van der Waals surface area contributed by atoms with Crippen LogP contribution in [0.15, 0.2) is 22.6 Å². The van der Waals surface area contributed by atoms with Crippen LogP contribution in [0.4, 0.5) is 0 Å². The van der Waals surface area contributed by atoms with E-state index in [0.717, 1.165) is 37.3 Å². The van der Waals surface area contributed by atoms with E-state index in [4.69, 9.17) is 4.42 Å². The second-order valence-corrected chi connectivity index (χ2v) is 4.12. The van der Waals surface area contributed by atoms with Crippen LogP contribution in [0.5, 0.6) is 0 Å². The number of hydrogen-bond donors (Lipinski definition) is 1. The molecule has 0 unspecified atom stereocenters. The van der Waals surface area contributed by atoms with Gasteiger partial charge in [0.05, 0.1) is 0 Å². The average Bonchev–Trinajstić information content (AvgIpc) is 2.83. The van der Waals surface area contributed by atoms with Gasteiger partial charge in [0.1, 0.15) is 5.69 Å². The van der Waals surface area contributed by atoms with Gasteiger partial charge in [-0.3, -0.25) is 0 Å². The molecule has 0 aliphatic heterocycles. The molecule has 5 heteroatoms. The van der Waals surface area contributed by atoms with Gasteiger partial charge in [-0.05, 0) is 38.6 Å². The first-order valence-electron chi connectivity index (χ1n) is 6.26. The Balaban J connectivity index is 1.97. The second kappa shape index (κ2) is 6.26. The Morgan fingerprint density at radius 1 is 1.28 bits per heavy atom. The van der Waals surface area contributed by atoms with Crippen molar-refractivity contribution in [3.05, 3.63) is 29.8 Å². The summed E-state index contributed by atoms with van der Waals surface area (Å²) < 4.78 is 5.59. The van der Waals surface area contributed by atoms with Crippen LogP contribution < -0.4 is 5.32 Å². The topological polar surface area (TPSA) is 63.8 Å². The quantitative estimate of drug-likeness (QED) is 0.790. The molecule has 0 bridgehead atoms. The largest absolute Gasteiger partial charge is 0.419 e. The molecule has 18 heavy (non-hydrogen) atoms. The van der Waals surface area contributed by atoms with Gasteiger partial charge in [-0.2, -0.15) is 0 Å². The van der Waals surface area contributed by atoms with E-state index in [2.05, 4.69) is 27.4 Å². The molecule has 2 heterocycles. The van der Waals surface area contributed by atoms with Crippen LogP contribution >= 0.6 is 0 Å². The van der Waals surface area contributed by atoms with E-state index in [1.807, 2.05) is 25.1 Å².